The standard InChI is InChI=1S/C23H31N5O6S2/c1-4-33-17(29)9-7-14(22(32)34-5-2)26-20(30)16-10-12(3)15(36-16)8-6-13-11-25-19-18(35-13)21(31)28-23(24)27-19/h10,13-14H,4-9,11H2,1-3H3,(H,26,30)(H4,24,25,27,28,31)/t13-,14+/m1/s1. The molecule has 0 radical (unpaired) electrons. The molecule has 0 spiro atoms. The predicted octanol–water partition coefficient (Wildman–Crippen LogP) is 2.25. The highest BCUT2D eigenvalue weighted by molar-refractivity contribution is 8.00. The van der Waals surface area contributed by atoms with Crippen molar-refractivity contribution in [3.63, 3.8) is 0 Å². The Kier molecular flexibility index (Phi) is 9.76. The van der Waals surface area contributed by atoms with Gasteiger partial charge >= 0.3 is 11.9 Å². The molecule has 0 saturated heterocycles. The molecule has 0 fully saturated rings. The first-order valence-corrected chi connectivity index (χ1v) is 13.4. The number of thioether (sulfide) groups is 1. The summed E-state index contributed by atoms with van der Waals surface area (Å²) in [6.45, 7) is 6.38. The van der Waals surface area contributed by atoms with Crippen molar-refractivity contribution in [1.29, 1.82) is 0 Å². The zero-order chi connectivity index (χ0) is 26.2. The number of H-pyrrole nitrogens is 1. The van der Waals surface area contributed by atoms with E-state index in [-0.39, 0.29) is 42.8 Å². The number of esters is 2. The smallest absolute Gasteiger partial charge is 0.328 e. The van der Waals surface area contributed by atoms with Crippen LogP contribution < -0.4 is 21.9 Å². The number of aryl methyl sites for hydroxylation is 2. The van der Waals surface area contributed by atoms with E-state index in [0.717, 1.165) is 23.3 Å². The summed E-state index contributed by atoms with van der Waals surface area (Å²) in [6, 6.07) is 0.847. The molecular formula is C23H31N5O6S2. The number of amides is 1. The fourth-order valence-electron chi connectivity index (χ4n) is 3.68. The molecule has 0 saturated carbocycles. The van der Waals surface area contributed by atoms with Gasteiger partial charge in [0.1, 0.15) is 16.8 Å². The number of nitrogens with zero attached hydrogens (tertiary/aromatic N) is 1. The molecule has 1 amide bonds. The minimum atomic E-state index is -0.946. The molecule has 0 aromatic carbocycles. The van der Waals surface area contributed by atoms with Crippen LogP contribution in [0.15, 0.2) is 15.8 Å². The summed E-state index contributed by atoms with van der Waals surface area (Å²) >= 11 is 2.83. The molecule has 2 aromatic heterocycles. The molecule has 0 bridgehead atoms. The van der Waals surface area contributed by atoms with Gasteiger partial charge in [-0.2, -0.15) is 4.98 Å². The Morgan fingerprint density at radius 3 is 2.75 bits per heavy atom. The van der Waals surface area contributed by atoms with E-state index in [1.54, 1.807) is 19.9 Å². The van der Waals surface area contributed by atoms with Crippen molar-refractivity contribution in [2.24, 2.45) is 0 Å². The van der Waals surface area contributed by atoms with Gasteiger partial charge in [0.25, 0.3) is 11.5 Å². The summed E-state index contributed by atoms with van der Waals surface area (Å²) in [6.07, 6.45) is 1.60. The molecule has 0 aliphatic carbocycles. The first kappa shape index (κ1) is 27.5. The first-order valence-electron chi connectivity index (χ1n) is 11.7. The van der Waals surface area contributed by atoms with Crippen LogP contribution in [0.1, 0.15) is 53.2 Å². The Morgan fingerprint density at radius 2 is 2.03 bits per heavy atom. The lowest BCUT2D eigenvalue weighted by molar-refractivity contribution is -0.146. The van der Waals surface area contributed by atoms with Gasteiger partial charge in [-0.15, -0.1) is 23.1 Å². The maximum Gasteiger partial charge on any atom is 0.328 e. The normalized spacial score (nSPS) is 15.4. The predicted molar refractivity (Wildman–Crippen MR) is 139 cm³/mol. The monoisotopic (exact) mass is 537 g/mol. The Balaban J connectivity index is 1.60. The summed E-state index contributed by atoms with van der Waals surface area (Å²) in [5, 5.41) is 6.02. The summed E-state index contributed by atoms with van der Waals surface area (Å²) in [7, 11) is 0. The number of aromatic amines is 1. The van der Waals surface area contributed by atoms with Crippen molar-refractivity contribution >= 4 is 52.7 Å². The summed E-state index contributed by atoms with van der Waals surface area (Å²) in [5.74, 6) is -0.834. The van der Waals surface area contributed by atoms with Crippen molar-refractivity contribution in [2.75, 3.05) is 30.8 Å². The van der Waals surface area contributed by atoms with Crippen LogP contribution >= 0.6 is 23.1 Å². The minimum absolute atomic E-state index is 0.00646. The fraction of sp³-hybridized carbons (Fsp3) is 0.522. The summed E-state index contributed by atoms with van der Waals surface area (Å²) < 4.78 is 9.97. The molecule has 36 heavy (non-hydrogen) atoms. The van der Waals surface area contributed by atoms with Gasteiger partial charge in [0.2, 0.25) is 5.95 Å². The van der Waals surface area contributed by atoms with E-state index in [4.69, 9.17) is 15.2 Å². The van der Waals surface area contributed by atoms with Gasteiger partial charge in [0, 0.05) is 23.1 Å². The summed E-state index contributed by atoms with van der Waals surface area (Å²) in [4.78, 5) is 57.9. The Bertz CT molecular complexity index is 1160. The van der Waals surface area contributed by atoms with Gasteiger partial charge in [0.15, 0.2) is 0 Å². The summed E-state index contributed by atoms with van der Waals surface area (Å²) in [5.41, 5.74) is 6.32. The number of thiophene rings is 1. The van der Waals surface area contributed by atoms with E-state index in [1.165, 1.54) is 23.1 Å². The molecule has 196 valence electrons. The second-order valence-electron chi connectivity index (χ2n) is 8.13. The fourth-order valence-corrected chi connectivity index (χ4v) is 5.89. The van der Waals surface area contributed by atoms with Crippen molar-refractivity contribution in [3.8, 4) is 0 Å². The van der Waals surface area contributed by atoms with E-state index < -0.39 is 23.9 Å². The molecule has 5 N–H and O–H groups in total. The highest BCUT2D eigenvalue weighted by Gasteiger charge is 2.26. The minimum Gasteiger partial charge on any atom is -0.466 e. The number of anilines is 2. The number of hydrogen-bond donors (Lipinski definition) is 4. The molecular weight excluding hydrogens is 506 g/mol. The van der Waals surface area contributed by atoms with Crippen LogP contribution in [0.3, 0.4) is 0 Å². The van der Waals surface area contributed by atoms with Crippen LogP contribution in [0.2, 0.25) is 0 Å². The highest BCUT2D eigenvalue weighted by atomic mass is 32.2. The van der Waals surface area contributed by atoms with E-state index in [0.29, 0.717) is 22.1 Å². The molecule has 13 heteroatoms. The van der Waals surface area contributed by atoms with E-state index in [1.807, 2.05) is 6.92 Å². The number of nitrogens with two attached hydrogens (primary N) is 1. The maximum atomic E-state index is 12.9. The van der Waals surface area contributed by atoms with Gasteiger partial charge in [-0.1, -0.05) is 0 Å². The van der Waals surface area contributed by atoms with Gasteiger partial charge in [-0.05, 0) is 51.7 Å². The van der Waals surface area contributed by atoms with Gasteiger partial charge in [-0.25, -0.2) is 4.79 Å². The number of nitrogen functional groups attached to an aromatic ring is 1. The topological polar surface area (TPSA) is 165 Å². The molecule has 3 rings (SSSR count). The van der Waals surface area contributed by atoms with Crippen LogP contribution in [0, 0.1) is 6.92 Å². The lowest BCUT2D eigenvalue weighted by atomic mass is 10.1. The van der Waals surface area contributed by atoms with Gasteiger partial charge in [-0.3, -0.25) is 19.4 Å². The molecule has 1 aliphatic heterocycles. The van der Waals surface area contributed by atoms with E-state index >= 15 is 0 Å². The average Bonchev–Trinajstić information content (AvgIpc) is 3.21. The Labute approximate surface area is 216 Å². The highest BCUT2D eigenvalue weighted by Crippen LogP contribution is 2.34. The Morgan fingerprint density at radius 1 is 1.28 bits per heavy atom. The number of carbonyl (C=O) groups excluding carboxylic acids is 3. The number of hydrogen-bond acceptors (Lipinski definition) is 11. The van der Waals surface area contributed by atoms with Crippen LogP contribution in [-0.4, -0.2) is 58.9 Å². The van der Waals surface area contributed by atoms with Crippen LogP contribution in [0.25, 0.3) is 0 Å². The molecule has 2 atom stereocenters. The zero-order valence-corrected chi connectivity index (χ0v) is 22.1. The average molecular weight is 538 g/mol. The van der Waals surface area contributed by atoms with Gasteiger partial charge in [0.05, 0.1) is 18.1 Å². The van der Waals surface area contributed by atoms with Crippen molar-refractivity contribution in [3.05, 3.63) is 31.7 Å². The maximum absolute atomic E-state index is 12.9. The van der Waals surface area contributed by atoms with Crippen LogP contribution in [-0.2, 0) is 25.5 Å². The third kappa shape index (κ3) is 7.23. The largest absolute Gasteiger partial charge is 0.466 e. The van der Waals surface area contributed by atoms with Gasteiger partial charge < -0.3 is 25.8 Å². The number of carbonyl (C=O) groups is 3. The van der Waals surface area contributed by atoms with E-state index in [2.05, 4.69) is 20.6 Å². The molecule has 3 heterocycles. The van der Waals surface area contributed by atoms with Crippen LogP contribution in [0.5, 0.6) is 0 Å². The second kappa shape index (κ2) is 12.8. The first-order chi connectivity index (χ1) is 17.2. The van der Waals surface area contributed by atoms with Crippen LogP contribution in [0.4, 0.5) is 11.8 Å². The lowest BCUT2D eigenvalue weighted by Crippen LogP contribution is -2.42. The lowest BCUT2D eigenvalue weighted by Gasteiger charge is -2.24. The SMILES string of the molecule is CCOC(=O)CC[C@H](NC(=O)c1cc(C)c(CC[C@@H]2CNc3nc(N)[nH]c(=O)c3S2)s1)C(=O)OCC. The van der Waals surface area contributed by atoms with E-state index in [9.17, 15) is 19.2 Å². The number of nitrogens with one attached hydrogen (secondary N) is 3. The molecule has 2 aromatic rings. The third-order valence-corrected chi connectivity index (χ3v) is 8.08. The quantitative estimate of drug-likeness (QED) is 0.312. The molecule has 1 aliphatic rings. The molecule has 11 nitrogen and oxygen atoms in total. The number of fused-ring (bicyclic) bond motifs is 1. The zero-order valence-electron chi connectivity index (χ0n) is 20.5. The number of rotatable bonds is 11. The number of ether oxygens (including phenoxy) is 2. The van der Waals surface area contributed by atoms with Crippen molar-refractivity contribution in [1.82, 2.24) is 15.3 Å². The third-order valence-electron chi connectivity index (χ3n) is 5.43. The van der Waals surface area contributed by atoms with Crippen molar-refractivity contribution in [2.45, 2.75) is 62.6 Å². The van der Waals surface area contributed by atoms with Crippen molar-refractivity contribution < 1.29 is 23.9 Å². The number of aromatic nitrogens is 2. The second-order valence-corrected chi connectivity index (χ2v) is 10.6. The Hall–Kier alpha value is -3.06. The molecule has 0 unspecified atom stereocenters.